The number of esters is 1. The zero-order chi connectivity index (χ0) is 13.8. The number of benzene rings is 1. The minimum Gasteiger partial charge on any atom is -0.468 e. The highest BCUT2D eigenvalue weighted by Gasteiger charge is 2.37. The zero-order valence-electron chi connectivity index (χ0n) is 11.3. The third-order valence-electron chi connectivity index (χ3n) is 3.54. The molecular formula is C15H19NO3. The molecule has 0 amide bonds. The first-order valence-corrected chi connectivity index (χ1v) is 6.49. The third kappa shape index (κ3) is 3.20. The molecule has 0 bridgehead atoms. The number of Topliss-reactive ketones (excluding diaryl/α,β-unsaturated/α-hetero) is 1. The molecule has 1 aliphatic heterocycles. The number of carbonyl (C=O) groups is 2. The van der Waals surface area contributed by atoms with E-state index in [9.17, 15) is 9.59 Å². The van der Waals surface area contributed by atoms with Crippen LogP contribution in [0.3, 0.4) is 0 Å². The summed E-state index contributed by atoms with van der Waals surface area (Å²) in [5.74, 6) is -1.19. The summed E-state index contributed by atoms with van der Waals surface area (Å²) in [5, 5.41) is 0. The van der Waals surface area contributed by atoms with Gasteiger partial charge in [0.05, 0.1) is 7.11 Å². The summed E-state index contributed by atoms with van der Waals surface area (Å²) in [4.78, 5) is 25.8. The molecule has 1 aromatic carbocycles. The lowest BCUT2D eigenvalue weighted by Crippen LogP contribution is -2.48. The van der Waals surface area contributed by atoms with Gasteiger partial charge in [0.1, 0.15) is 5.92 Å². The van der Waals surface area contributed by atoms with E-state index in [2.05, 4.69) is 4.90 Å². The zero-order valence-corrected chi connectivity index (χ0v) is 11.3. The topological polar surface area (TPSA) is 46.6 Å². The maximum absolute atomic E-state index is 12.0. The van der Waals surface area contributed by atoms with E-state index in [-0.39, 0.29) is 11.7 Å². The normalized spacial score (nSPS) is 24.2. The third-order valence-corrected chi connectivity index (χ3v) is 3.54. The Morgan fingerprint density at radius 1 is 1.32 bits per heavy atom. The van der Waals surface area contributed by atoms with Gasteiger partial charge in [-0.1, -0.05) is 37.3 Å². The Bertz CT molecular complexity index is 458. The fraction of sp³-hybridized carbons (Fsp3) is 0.467. The summed E-state index contributed by atoms with van der Waals surface area (Å²) in [6, 6.07) is 10.1. The van der Waals surface area contributed by atoms with E-state index >= 15 is 0 Å². The van der Waals surface area contributed by atoms with Gasteiger partial charge in [-0.25, -0.2) is 0 Å². The lowest BCUT2D eigenvalue weighted by atomic mass is 9.88. The maximum atomic E-state index is 12.0. The summed E-state index contributed by atoms with van der Waals surface area (Å²) < 4.78 is 4.72. The van der Waals surface area contributed by atoms with Crippen LogP contribution in [0.1, 0.15) is 12.5 Å². The molecule has 4 nitrogen and oxygen atoms in total. The van der Waals surface area contributed by atoms with Crippen LogP contribution in [-0.4, -0.2) is 36.9 Å². The number of piperidine rings is 1. The summed E-state index contributed by atoms with van der Waals surface area (Å²) >= 11 is 0. The molecule has 19 heavy (non-hydrogen) atoms. The van der Waals surface area contributed by atoms with Crippen molar-refractivity contribution in [3.05, 3.63) is 35.9 Å². The van der Waals surface area contributed by atoms with E-state index in [0.717, 1.165) is 6.54 Å². The second-order valence-corrected chi connectivity index (χ2v) is 5.06. The quantitative estimate of drug-likeness (QED) is 0.611. The van der Waals surface area contributed by atoms with Crippen molar-refractivity contribution in [2.75, 3.05) is 20.2 Å². The van der Waals surface area contributed by atoms with E-state index < -0.39 is 11.9 Å². The molecule has 0 N–H and O–H groups in total. The van der Waals surface area contributed by atoms with Crippen LogP contribution in [0.25, 0.3) is 0 Å². The molecule has 2 atom stereocenters. The molecule has 4 heteroatoms. The molecule has 0 unspecified atom stereocenters. The van der Waals surface area contributed by atoms with Crippen LogP contribution in [-0.2, 0) is 20.9 Å². The molecule has 1 fully saturated rings. The smallest absolute Gasteiger partial charge is 0.317 e. The second-order valence-electron chi connectivity index (χ2n) is 5.06. The average Bonchev–Trinajstić information content (AvgIpc) is 2.43. The Morgan fingerprint density at radius 3 is 2.63 bits per heavy atom. The van der Waals surface area contributed by atoms with Gasteiger partial charge in [0.15, 0.2) is 5.78 Å². The number of ketones is 1. The maximum Gasteiger partial charge on any atom is 0.317 e. The van der Waals surface area contributed by atoms with Gasteiger partial charge in [-0.3, -0.25) is 14.5 Å². The Balaban J connectivity index is 2.07. The van der Waals surface area contributed by atoms with E-state index in [1.54, 1.807) is 0 Å². The van der Waals surface area contributed by atoms with Crippen molar-refractivity contribution in [2.45, 2.75) is 13.5 Å². The molecule has 0 aliphatic carbocycles. The number of nitrogens with zero attached hydrogens (tertiary/aromatic N) is 1. The Kier molecular flexibility index (Phi) is 4.32. The van der Waals surface area contributed by atoms with Gasteiger partial charge in [0.2, 0.25) is 0 Å². The minimum atomic E-state index is -0.641. The van der Waals surface area contributed by atoms with E-state index in [4.69, 9.17) is 4.74 Å². The van der Waals surface area contributed by atoms with Gasteiger partial charge in [0.25, 0.3) is 0 Å². The van der Waals surface area contributed by atoms with Crippen LogP contribution >= 0.6 is 0 Å². The number of carbonyl (C=O) groups excluding carboxylic acids is 2. The Hall–Kier alpha value is -1.68. The fourth-order valence-electron chi connectivity index (χ4n) is 2.55. The molecule has 1 heterocycles. The molecule has 102 valence electrons. The molecule has 1 aromatic rings. The largest absolute Gasteiger partial charge is 0.468 e. The van der Waals surface area contributed by atoms with E-state index in [1.807, 2.05) is 37.3 Å². The predicted octanol–water partition coefficient (Wildman–Crippen LogP) is 1.50. The van der Waals surface area contributed by atoms with Crippen molar-refractivity contribution >= 4 is 11.8 Å². The summed E-state index contributed by atoms with van der Waals surface area (Å²) in [5.41, 5.74) is 1.19. The average molecular weight is 261 g/mol. The van der Waals surface area contributed by atoms with Crippen molar-refractivity contribution in [1.82, 2.24) is 4.90 Å². The molecule has 0 saturated carbocycles. The number of likely N-dealkylation sites (tertiary alicyclic amines) is 1. The van der Waals surface area contributed by atoms with Crippen molar-refractivity contribution in [1.29, 1.82) is 0 Å². The van der Waals surface area contributed by atoms with Gasteiger partial charge >= 0.3 is 5.97 Å². The SMILES string of the molecule is COC(=O)[C@@H]1CN(Cc2ccccc2)C[C@@H](C)C1=O. The van der Waals surface area contributed by atoms with Gasteiger partial charge in [-0.05, 0) is 5.56 Å². The highest BCUT2D eigenvalue weighted by Crippen LogP contribution is 2.21. The molecule has 1 aliphatic rings. The highest BCUT2D eigenvalue weighted by molar-refractivity contribution is 6.00. The molecule has 0 spiro atoms. The van der Waals surface area contributed by atoms with Gasteiger partial charge in [0, 0.05) is 25.6 Å². The predicted molar refractivity (Wildman–Crippen MR) is 71.4 cm³/mol. The van der Waals surface area contributed by atoms with Crippen molar-refractivity contribution in [3.63, 3.8) is 0 Å². The monoisotopic (exact) mass is 261 g/mol. The Labute approximate surface area is 113 Å². The van der Waals surface area contributed by atoms with Crippen LogP contribution in [0.5, 0.6) is 0 Å². The number of hydrogen-bond donors (Lipinski definition) is 0. The van der Waals surface area contributed by atoms with Crippen LogP contribution in [0.4, 0.5) is 0 Å². The van der Waals surface area contributed by atoms with Crippen molar-refractivity contribution < 1.29 is 14.3 Å². The first-order chi connectivity index (χ1) is 9.11. The Morgan fingerprint density at radius 2 is 2.00 bits per heavy atom. The van der Waals surface area contributed by atoms with Crippen LogP contribution < -0.4 is 0 Å². The van der Waals surface area contributed by atoms with E-state index in [1.165, 1.54) is 12.7 Å². The molecular weight excluding hydrogens is 242 g/mol. The first-order valence-electron chi connectivity index (χ1n) is 6.49. The first kappa shape index (κ1) is 13.7. The number of methoxy groups -OCH3 is 1. The highest BCUT2D eigenvalue weighted by atomic mass is 16.5. The van der Waals surface area contributed by atoms with Gasteiger partial charge in [-0.15, -0.1) is 0 Å². The van der Waals surface area contributed by atoms with Gasteiger partial charge < -0.3 is 4.74 Å². The minimum absolute atomic E-state index is 0.00355. The summed E-state index contributed by atoms with van der Waals surface area (Å²) in [7, 11) is 1.33. The standard InChI is InChI=1S/C15H19NO3/c1-11-8-16(9-12-6-4-3-5-7-12)10-13(14(11)17)15(18)19-2/h3-7,11,13H,8-10H2,1-2H3/t11-,13-/m1/s1. The number of ether oxygens (including phenoxy) is 1. The summed E-state index contributed by atoms with van der Waals surface area (Å²) in [6.07, 6.45) is 0. The lowest BCUT2D eigenvalue weighted by Gasteiger charge is -2.34. The molecule has 1 saturated heterocycles. The lowest BCUT2D eigenvalue weighted by molar-refractivity contribution is -0.153. The summed E-state index contributed by atoms with van der Waals surface area (Å²) in [6.45, 7) is 3.77. The number of hydrogen-bond acceptors (Lipinski definition) is 4. The van der Waals surface area contributed by atoms with E-state index in [0.29, 0.717) is 13.1 Å². The van der Waals surface area contributed by atoms with Crippen LogP contribution in [0, 0.1) is 11.8 Å². The van der Waals surface area contributed by atoms with Crippen LogP contribution in [0.15, 0.2) is 30.3 Å². The second kappa shape index (κ2) is 5.97. The molecule has 0 radical (unpaired) electrons. The van der Waals surface area contributed by atoms with Crippen LogP contribution in [0.2, 0.25) is 0 Å². The van der Waals surface area contributed by atoms with Gasteiger partial charge in [-0.2, -0.15) is 0 Å². The molecule has 0 aromatic heterocycles. The molecule has 2 rings (SSSR count). The number of rotatable bonds is 3. The van der Waals surface area contributed by atoms with Crippen molar-refractivity contribution in [2.24, 2.45) is 11.8 Å². The van der Waals surface area contributed by atoms with Crippen molar-refractivity contribution in [3.8, 4) is 0 Å². The fourth-order valence-corrected chi connectivity index (χ4v) is 2.55.